The summed E-state index contributed by atoms with van der Waals surface area (Å²) in [5.74, 6) is -0.193. The van der Waals surface area contributed by atoms with Gasteiger partial charge in [0.1, 0.15) is 5.82 Å². The van der Waals surface area contributed by atoms with Gasteiger partial charge in [-0.05, 0) is 57.9 Å². The van der Waals surface area contributed by atoms with Crippen LogP contribution in [-0.2, 0) is 4.74 Å². The largest absolute Gasteiger partial charge is 0.369 e. The number of morpholine rings is 1. The van der Waals surface area contributed by atoms with Gasteiger partial charge >= 0.3 is 0 Å². The molecular weight excluding hydrogens is 255 g/mol. The molecule has 1 aliphatic rings. The van der Waals surface area contributed by atoms with Gasteiger partial charge in [-0.3, -0.25) is 0 Å². The highest BCUT2D eigenvalue weighted by molar-refractivity contribution is 5.57. The molecule has 112 valence electrons. The van der Waals surface area contributed by atoms with Crippen molar-refractivity contribution in [1.82, 2.24) is 0 Å². The molecule has 1 saturated heterocycles. The van der Waals surface area contributed by atoms with Crippen molar-refractivity contribution < 1.29 is 9.13 Å². The SMILES string of the molecule is Cc1cc(N2CC(C)OC(C)(C)C2)c([C@@H](C)N)cc1F. The Kier molecular flexibility index (Phi) is 4.07. The highest BCUT2D eigenvalue weighted by Crippen LogP contribution is 2.32. The van der Waals surface area contributed by atoms with Gasteiger partial charge in [-0.2, -0.15) is 0 Å². The summed E-state index contributed by atoms with van der Waals surface area (Å²) in [6, 6.07) is 3.28. The monoisotopic (exact) mass is 280 g/mol. The third kappa shape index (κ3) is 3.13. The van der Waals surface area contributed by atoms with E-state index >= 15 is 0 Å². The Morgan fingerprint density at radius 3 is 2.65 bits per heavy atom. The molecule has 2 rings (SSSR count). The van der Waals surface area contributed by atoms with Crippen molar-refractivity contribution in [2.24, 2.45) is 5.73 Å². The molecule has 1 aromatic carbocycles. The number of nitrogens with zero attached hydrogens (tertiary/aromatic N) is 1. The number of nitrogens with two attached hydrogens (primary N) is 1. The van der Waals surface area contributed by atoms with Crippen LogP contribution in [0.4, 0.5) is 10.1 Å². The topological polar surface area (TPSA) is 38.5 Å². The van der Waals surface area contributed by atoms with Gasteiger partial charge in [0.05, 0.1) is 11.7 Å². The molecule has 2 N–H and O–H groups in total. The summed E-state index contributed by atoms with van der Waals surface area (Å²) in [6.45, 7) is 11.5. The minimum atomic E-state index is -0.213. The summed E-state index contributed by atoms with van der Waals surface area (Å²) < 4.78 is 19.7. The molecule has 0 spiro atoms. The van der Waals surface area contributed by atoms with Crippen LogP contribution in [0.5, 0.6) is 0 Å². The average Bonchev–Trinajstić information content (AvgIpc) is 2.29. The van der Waals surface area contributed by atoms with Crippen LogP contribution in [0.25, 0.3) is 0 Å². The summed E-state index contributed by atoms with van der Waals surface area (Å²) in [7, 11) is 0. The van der Waals surface area contributed by atoms with Crippen LogP contribution < -0.4 is 10.6 Å². The Morgan fingerprint density at radius 1 is 1.45 bits per heavy atom. The van der Waals surface area contributed by atoms with Gasteiger partial charge < -0.3 is 15.4 Å². The van der Waals surface area contributed by atoms with E-state index in [1.165, 1.54) is 0 Å². The fourth-order valence-electron chi connectivity index (χ4n) is 2.96. The van der Waals surface area contributed by atoms with Crippen LogP contribution in [0.2, 0.25) is 0 Å². The summed E-state index contributed by atoms with van der Waals surface area (Å²) in [4.78, 5) is 2.26. The van der Waals surface area contributed by atoms with E-state index in [1.54, 1.807) is 13.0 Å². The third-order valence-electron chi connectivity index (χ3n) is 3.71. The van der Waals surface area contributed by atoms with Crippen molar-refractivity contribution in [3.63, 3.8) is 0 Å². The van der Waals surface area contributed by atoms with Gasteiger partial charge in [-0.15, -0.1) is 0 Å². The van der Waals surface area contributed by atoms with Crippen LogP contribution in [-0.4, -0.2) is 24.8 Å². The van der Waals surface area contributed by atoms with E-state index < -0.39 is 0 Å². The second-order valence-electron chi connectivity index (χ2n) is 6.52. The molecule has 4 heteroatoms. The van der Waals surface area contributed by atoms with Crippen molar-refractivity contribution in [2.75, 3.05) is 18.0 Å². The third-order valence-corrected chi connectivity index (χ3v) is 3.71. The van der Waals surface area contributed by atoms with E-state index in [0.29, 0.717) is 5.56 Å². The number of hydrogen-bond acceptors (Lipinski definition) is 3. The van der Waals surface area contributed by atoms with Crippen LogP contribution >= 0.6 is 0 Å². The second-order valence-corrected chi connectivity index (χ2v) is 6.52. The first-order chi connectivity index (χ1) is 9.19. The molecule has 1 heterocycles. The molecule has 0 aliphatic carbocycles. The van der Waals surface area contributed by atoms with Crippen LogP contribution in [0.1, 0.15) is 44.9 Å². The summed E-state index contributed by atoms with van der Waals surface area (Å²) >= 11 is 0. The molecule has 3 nitrogen and oxygen atoms in total. The molecule has 1 aliphatic heterocycles. The minimum absolute atomic E-state index is 0.144. The summed E-state index contributed by atoms with van der Waals surface area (Å²) in [5, 5.41) is 0. The van der Waals surface area contributed by atoms with Gasteiger partial charge in [-0.25, -0.2) is 4.39 Å². The smallest absolute Gasteiger partial charge is 0.126 e. The number of benzene rings is 1. The van der Waals surface area contributed by atoms with E-state index in [1.807, 2.05) is 13.0 Å². The van der Waals surface area contributed by atoms with Gasteiger partial charge in [0.25, 0.3) is 0 Å². The second kappa shape index (κ2) is 5.34. The zero-order valence-corrected chi connectivity index (χ0v) is 13.0. The lowest BCUT2D eigenvalue weighted by Gasteiger charge is -2.43. The van der Waals surface area contributed by atoms with Crippen molar-refractivity contribution in [2.45, 2.75) is 52.4 Å². The fraction of sp³-hybridized carbons (Fsp3) is 0.625. The lowest BCUT2D eigenvalue weighted by Crippen LogP contribution is -2.52. The predicted octanol–water partition coefficient (Wildman–Crippen LogP) is 3.16. The van der Waals surface area contributed by atoms with Crippen LogP contribution in [0.15, 0.2) is 12.1 Å². The van der Waals surface area contributed by atoms with E-state index in [0.717, 1.165) is 24.3 Å². The lowest BCUT2D eigenvalue weighted by molar-refractivity contribution is -0.0750. The summed E-state index contributed by atoms with van der Waals surface area (Å²) in [6.07, 6.45) is 0.144. The quantitative estimate of drug-likeness (QED) is 0.904. The van der Waals surface area contributed by atoms with Crippen molar-refractivity contribution in [1.29, 1.82) is 0 Å². The average molecular weight is 280 g/mol. The van der Waals surface area contributed by atoms with Crippen molar-refractivity contribution >= 4 is 5.69 Å². The highest BCUT2D eigenvalue weighted by atomic mass is 19.1. The molecule has 0 amide bonds. The maximum absolute atomic E-state index is 13.8. The molecule has 0 saturated carbocycles. The van der Waals surface area contributed by atoms with Crippen molar-refractivity contribution in [3.05, 3.63) is 29.1 Å². The van der Waals surface area contributed by atoms with Crippen LogP contribution in [0.3, 0.4) is 0 Å². The number of rotatable bonds is 2. The van der Waals surface area contributed by atoms with Crippen LogP contribution in [0, 0.1) is 12.7 Å². The van der Waals surface area contributed by atoms with E-state index in [-0.39, 0.29) is 23.6 Å². The van der Waals surface area contributed by atoms with Gasteiger partial charge in [-0.1, -0.05) is 0 Å². The Hall–Kier alpha value is -1.13. The molecule has 2 atom stereocenters. The Morgan fingerprint density at radius 2 is 2.10 bits per heavy atom. The molecule has 20 heavy (non-hydrogen) atoms. The number of halogens is 1. The first-order valence-electron chi connectivity index (χ1n) is 7.18. The maximum atomic E-state index is 13.8. The fourth-order valence-corrected chi connectivity index (χ4v) is 2.96. The molecule has 1 fully saturated rings. The van der Waals surface area contributed by atoms with E-state index in [4.69, 9.17) is 10.5 Å². The number of ether oxygens (including phenoxy) is 1. The Labute approximate surface area is 120 Å². The van der Waals surface area contributed by atoms with E-state index in [2.05, 4.69) is 25.7 Å². The number of hydrogen-bond donors (Lipinski definition) is 1. The first-order valence-corrected chi connectivity index (χ1v) is 7.18. The molecular formula is C16H25FN2O. The minimum Gasteiger partial charge on any atom is -0.369 e. The van der Waals surface area contributed by atoms with Gasteiger partial charge in [0, 0.05) is 24.8 Å². The Balaban J connectivity index is 2.43. The highest BCUT2D eigenvalue weighted by Gasteiger charge is 2.32. The standard InChI is InChI=1S/C16H25FN2O/c1-10-6-15(13(12(3)18)7-14(10)17)19-8-11(2)20-16(4,5)9-19/h6-7,11-12H,8-9,18H2,1-5H3/t11?,12-/m1/s1. The predicted molar refractivity (Wildman–Crippen MR) is 80.6 cm³/mol. The zero-order chi connectivity index (χ0) is 15.1. The Bertz CT molecular complexity index is 499. The molecule has 0 radical (unpaired) electrons. The molecule has 1 unspecified atom stereocenters. The van der Waals surface area contributed by atoms with Gasteiger partial charge in [0.2, 0.25) is 0 Å². The number of anilines is 1. The lowest BCUT2D eigenvalue weighted by atomic mass is 9.99. The van der Waals surface area contributed by atoms with Crippen molar-refractivity contribution in [3.8, 4) is 0 Å². The molecule has 0 bridgehead atoms. The number of aryl methyl sites for hydroxylation is 1. The normalized spacial score (nSPS) is 23.8. The van der Waals surface area contributed by atoms with E-state index in [9.17, 15) is 4.39 Å². The first kappa shape index (κ1) is 15.3. The molecule has 1 aromatic rings. The zero-order valence-electron chi connectivity index (χ0n) is 13.0. The molecule has 0 aromatic heterocycles. The van der Waals surface area contributed by atoms with Gasteiger partial charge in [0.15, 0.2) is 0 Å². The maximum Gasteiger partial charge on any atom is 0.126 e. The summed E-state index contributed by atoms with van der Waals surface area (Å²) in [5.41, 5.74) is 8.35.